The number of hydrogen-bond acceptors (Lipinski definition) is 3. The second-order valence-corrected chi connectivity index (χ2v) is 6.85. The van der Waals surface area contributed by atoms with E-state index in [-0.39, 0.29) is 5.54 Å². The SMILES string of the molecule is Cc1cc(NC2=NC(C)(C)CCS2)ccc1Br. The van der Waals surface area contributed by atoms with Crippen LogP contribution in [0.5, 0.6) is 0 Å². The molecule has 0 aliphatic carbocycles. The van der Waals surface area contributed by atoms with Gasteiger partial charge in [0.15, 0.2) is 5.17 Å². The zero-order valence-electron chi connectivity index (χ0n) is 10.4. The van der Waals surface area contributed by atoms with E-state index in [4.69, 9.17) is 4.99 Å². The molecule has 2 rings (SSSR count). The number of aliphatic imine (C=N–C) groups is 1. The molecule has 1 N–H and O–H groups in total. The summed E-state index contributed by atoms with van der Waals surface area (Å²) in [6, 6.07) is 6.27. The number of rotatable bonds is 1. The number of amidine groups is 1. The van der Waals surface area contributed by atoms with E-state index in [1.54, 1.807) is 11.8 Å². The molecule has 17 heavy (non-hydrogen) atoms. The fourth-order valence-electron chi connectivity index (χ4n) is 1.67. The van der Waals surface area contributed by atoms with Gasteiger partial charge in [-0.25, -0.2) is 0 Å². The van der Waals surface area contributed by atoms with Gasteiger partial charge >= 0.3 is 0 Å². The Kier molecular flexibility index (Phi) is 3.83. The largest absolute Gasteiger partial charge is 0.335 e. The predicted octanol–water partition coefficient (Wildman–Crippen LogP) is 4.44. The Labute approximate surface area is 115 Å². The number of hydrogen-bond donors (Lipinski definition) is 1. The molecule has 0 saturated carbocycles. The molecular weight excluding hydrogens is 296 g/mol. The Bertz CT molecular complexity index is 455. The van der Waals surface area contributed by atoms with Crippen molar-refractivity contribution in [1.82, 2.24) is 0 Å². The molecule has 0 fully saturated rings. The zero-order chi connectivity index (χ0) is 12.5. The van der Waals surface area contributed by atoms with Crippen LogP contribution in [0.3, 0.4) is 0 Å². The van der Waals surface area contributed by atoms with E-state index in [2.05, 4.69) is 60.2 Å². The van der Waals surface area contributed by atoms with Crippen LogP contribution in [0.1, 0.15) is 25.8 Å². The molecule has 1 aromatic carbocycles. The number of nitrogens with zero attached hydrogens (tertiary/aromatic N) is 1. The van der Waals surface area contributed by atoms with Crippen molar-refractivity contribution in [1.29, 1.82) is 0 Å². The number of halogens is 1. The van der Waals surface area contributed by atoms with E-state index in [9.17, 15) is 0 Å². The van der Waals surface area contributed by atoms with E-state index in [0.29, 0.717) is 0 Å². The number of nitrogens with one attached hydrogen (secondary N) is 1. The van der Waals surface area contributed by atoms with Gasteiger partial charge in [0.25, 0.3) is 0 Å². The van der Waals surface area contributed by atoms with E-state index in [0.717, 1.165) is 27.5 Å². The molecule has 0 saturated heterocycles. The molecule has 0 radical (unpaired) electrons. The van der Waals surface area contributed by atoms with Crippen LogP contribution in [-0.4, -0.2) is 16.5 Å². The average Bonchev–Trinajstić information content (AvgIpc) is 2.22. The van der Waals surface area contributed by atoms with Crippen LogP contribution >= 0.6 is 27.7 Å². The van der Waals surface area contributed by atoms with Crippen molar-refractivity contribution in [3.63, 3.8) is 0 Å². The van der Waals surface area contributed by atoms with Gasteiger partial charge in [0.2, 0.25) is 0 Å². The Morgan fingerprint density at radius 2 is 2.18 bits per heavy atom. The minimum Gasteiger partial charge on any atom is -0.335 e. The van der Waals surface area contributed by atoms with E-state index < -0.39 is 0 Å². The van der Waals surface area contributed by atoms with Crippen LogP contribution in [0.15, 0.2) is 27.7 Å². The lowest BCUT2D eigenvalue weighted by Gasteiger charge is -2.26. The fraction of sp³-hybridized carbons (Fsp3) is 0.462. The molecule has 1 aromatic rings. The molecule has 0 unspecified atom stereocenters. The topological polar surface area (TPSA) is 24.4 Å². The number of thioether (sulfide) groups is 1. The van der Waals surface area contributed by atoms with Crippen molar-refractivity contribution in [2.24, 2.45) is 4.99 Å². The maximum Gasteiger partial charge on any atom is 0.161 e. The summed E-state index contributed by atoms with van der Waals surface area (Å²) < 4.78 is 1.14. The summed E-state index contributed by atoms with van der Waals surface area (Å²) in [7, 11) is 0. The maximum absolute atomic E-state index is 4.72. The quantitative estimate of drug-likeness (QED) is 0.829. The van der Waals surface area contributed by atoms with Crippen LogP contribution in [0, 0.1) is 6.92 Å². The van der Waals surface area contributed by atoms with Crippen molar-refractivity contribution in [3.8, 4) is 0 Å². The number of aryl methyl sites for hydroxylation is 1. The first-order valence-corrected chi connectivity index (χ1v) is 7.50. The molecule has 0 spiro atoms. The zero-order valence-corrected chi connectivity index (χ0v) is 12.8. The number of anilines is 1. The third-order valence-corrected chi connectivity index (χ3v) is 4.53. The fourth-order valence-corrected chi connectivity index (χ4v) is 3.21. The molecule has 1 heterocycles. The van der Waals surface area contributed by atoms with Crippen molar-refractivity contribution in [2.75, 3.05) is 11.1 Å². The lowest BCUT2D eigenvalue weighted by Crippen LogP contribution is -2.27. The van der Waals surface area contributed by atoms with Gasteiger partial charge in [-0.3, -0.25) is 4.99 Å². The second kappa shape index (κ2) is 5.02. The normalized spacial score (nSPS) is 18.7. The van der Waals surface area contributed by atoms with Crippen molar-refractivity contribution in [2.45, 2.75) is 32.7 Å². The molecule has 0 bridgehead atoms. The third-order valence-electron chi connectivity index (χ3n) is 2.77. The summed E-state index contributed by atoms with van der Waals surface area (Å²) in [4.78, 5) is 4.72. The molecule has 1 aliphatic heterocycles. The lowest BCUT2D eigenvalue weighted by atomic mass is 10.0. The molecule has 92 valence electrons. The number of benzene rings is 1. The minimum absolute atomic E-state index is 0.0675. The molecule has 1 aliphatic rings. The maximum atomic E-state index is 4.72. The van der Waals surface area contributed by atoms with Crippen LogP contribution in [-0.2, 0) is 0 Å². The first-order chi connectivity index (χ1) is 7.96. The average molecular weight is 313 g/mol. The summed E-state index contributed by atoms with van der Waals surface area (Å²) in [5.41, 5.74) is 2.41. The van der Waals surface area contributed by atoms with Crippen LogP contribution in [0.25, 0.3) is 0 Å². The molecule has 4 heteroatoms. The van der Waals surface area contributed by atoms with Gasteiger partial charge in [0.1, 0.15) is 0 Å². The van der Waals surface area contributed by atoms with Crippen molar-refractivity contribution in [3.05, 3.63) is 28.2 Å². The van der Waals surface area contributed by atoms with Crippen molar-refractivity contribution < 1.29 is 0 Å². The van der Waals surface area contributed by atoms with Crippen molar-refractivity contribution >= 4 is 38.5 Å². The third kappa shape index (κ3) is 3.49. The summed E-state index contributed by atoms with van der Waals surface area (Å²) in [6.45, 7) is 6.46. The monoisotopic (exact) mass is 312 g/mol. The molecule has 0 amide bonds. The summed E-state index contributed by atoms with van der Waals surface area (Å²) in [5, 5.41) is 4.43. The van der Waals surface area contributed by atoms with Gasteiger partial charge in [-0.15, -0.1) is 0 Å². The molecule has 2 nitrogen and oxygen atoms in total. The first-order valence-electron chi connectivity index (χ1n) is 5.72. The summed E-state index contributed by atoms with van der Waals surface area (Å²) in [5.74, 6) is 1.13. The first kappa shape index (κ1) is 13.0. The molecule has 0 aromatic heterocycles. The van der Waals surface area contributed by atoms with Gasteiger partial charge < -0.3 is 5.32 Å². The van der Waals surface area contributed by atoms with Gasteiger partial charge in [-0.1, -0.05) is 27.7 Å². The molecular formula is C13H17BrN2S. The lowest BCUT2D eigenvalue weighted by molar-refractivity contribution is 0.507. The highest BCUT2D eigenvalue weighted by molar-refractivity contribution is 9.10. The van der Waals surface area contributed by atoms with E-state index in [1.165, 1.54) is 5.56 Å². The highest BCUT2D eigenvalue weighted by Gasteiger charge is 2.22. The summed E-state index contributed by atoms with van der Waals surface area (Å²) >= 11 is 5.31. The Hall–Kier alpha value is -0.480. The van der Waals surface area contributed by atoms with E-state index >= 15 is 0 Å². The Morgan fingerprint density at radius 3 is 2.82 bits per heavy atom. The second-order valence-electron chi connectivity index (χ2n) is 4.92. The van der Waals surface area contributed by atoms with Gasteiger partial charge in [-0.2, -0.15) is 0 Å². The predicted molar refractivity (Wildman–Crippen MR) is 81.1 cm³/mol. The van der Waals surface area contributed by atoms with Gasteiger partial charge in [0, 0.05) is 15.9 Å². The van der Waals surface area contributed by atoms with Gasteiger partial charge in [0.05, 0.1) is 5.54 Å². The summed E-state index contributed by atoms with van der Waals surface area (Å²) in [6.07, 6.45) is 1.14. The highest BCUT2D eigenvalue weighted by Crippen LogP contribution is 2.27. The van der Waals surface area contributed by atoms with E-state index in [1.807, 2.05) is 0 Å². The standard InChI is InChI=1S/C13H17BrN2S/c1-9-8-10(4-5-11(9)14)15-12-16-13(2,3)6-7-17-12/h4-5,8H,6-7H2,1-3H3,(H,15,16). The smallest absolute Gasteiger partial charge is 0.161 e. The van der Waals surface area contributed by atoms with Crippen LogP contribution in [0.4, 0.5) is 5.69 Å². The molecule has 0 atom stereocenters. The Balaban J connectivity index is 2.15. The van der Waals surface area contributed by atoms with Crippen LogP contribution < -0.4 is 5.32 Å². The minimum atomic E-state index is 0.0675. The van der Waals surface area contributed by atoms with Crippen LogP contribution in [0.2, 0.25) is 0 Å². The van der Waals surface area contributed by atoms with Gasteiger partial charge in [-0.05, 0) is 51.0 Å². The highest BCUT2D eigenvalue weighted by atomic mass is 79.9. The Morgan fingerprint density at radius 1 is 1.41 bits per heavy atom.